The third kappa shape index (κ3) is 5.33. The Kier molecular flexibility index (Phi) is 6.61. The van der Waals surface area contributed by atoms with E-state index in [1.165, 1.54) is 18.2 Å². The van der Waals surface area contributed by atoms with Gasteiger partial charge in [0.05, 0.1) is 17.1 Å². The number of nitro benzene ring substituents is 1. The molecule has 0 aliphatic rings. The maximum Gasteiger partial charge on any atom is 0.309 e. The minimum Gasteiger partial charge on any atom is -0.481 e. The van der Waals surface area contributed by atoms with Crippen LogP contribution in [0.3, 0.4) is 0 Å². The van der Waals surface area contributed by atoms with Gasteiger partial charge in [0.15, 0.2) is 0 Å². The summed E-state index contributed by atoms with van der Waals surface area (Å²) in [5.74, 6) is -0.158. The summed E-state index contributed by atoms with van der Waals surface area (Å²) in [7, 11) is 0. The SMILES string of the molecule is O=C(O)CC(=NNc1cc(Cl)ccc1[N+](=O)[O-])c1ccccc1Oc1ccccc1. The van der Waals surface area contributed by atoms with Gasteiger partial charge in [0.2, 0.25) is 0 Å². The maximum atomic E-state index is 11.4. The van der Waals surface area contributed by atoms with Crippen LogP contribution in [0.15, 0.2) is 77.9 Å². The lowest BCUT2D eigenvalue weighted by atomic mass is 10.1. The molecule has 0 heterocycles. The maximum absolute atomic E-state index is 11.4. The molecule has 0 aromatic heterocycles. The van der Waals surface area contributed by atoms with Crippen LogP contribution >= 0.6 is 11.6 Å². The number of ether oxygens (including phenoxy) is 1. The molecule has 0 spiro atoms. The van der Waals surface area contributed by atoms with Crippen LogP contribution in [0.4, 0.5) is 11.4 Å². The molecule has 0 bridgehead atoms. The van der Waals surface area contributed by atoms with E-state index in [4.69, 9.17) is 16.3 Å². The number of hydrogen-bond acceptors (Lipinski definition) is 6. The average Bonchev–Trinajstić information content (AvgIpc) is 2.72. The van der Waals surface area contributed by atoms with Gasteiger partial charge in [0, 0.05) is 16.7 Å². The van der Waals surface area contributed by atoms with Crippen molar-refractivity contribution in [3.05, 3.63) is 93.5 Å². The molecule has 3 aromatic carbocycles. The quantitative estimate of drug-likeness (QED) is 0.286. The number of nitro groups is 1. The van der Waals surface area contributed by atoms with Crippen molar-refractivity contribution >= 4 is 34.7 Å². The molecule has 2 N–H and O–H groups in total. The number of rotatable bonds is 8. The number of halogens is 1. The second kappa shape index (κ2) is 9.53. The van der Waals surface area contributed by atoms with Crippen molar-refractivity contribution in [1.29, 1.82) is 0 Å². The number of aliphatic carboxylic acids is 1. The number of anilines is 1. The number of hydrogen-bond donors (Lipinski definition) is 2. The van der Waals surface area contributed by atoms with Crippen molar-refractivity contribution in [1.82, 2.24) is 0 Å². The van der Waals surface area contributed by atoms with Crippen molar-refractivity contribution in [3.8, 4) is 11.5 Å². The number of para-hydroxylation sites is 2. The van der Waals surface area contributed by atoms with Gasteiger partial charge in [-0.05, 0) is 36.4 Å². The number of carbonyl (C=O) groups is 1. The van der Waals surface area contributed by atoms with Crippen LogP contribution in [0.2, 0.25) is 5.02 Å². The van der Waals surface area contributed by atoms with E-state index in [1.807, 2.05) is 18.2 Å². The summed E-state index contributed by atoms with van der Waals surface area (Å²) >= 11 is 5.93. The Morgan fingerprint density at radius 1 is 1.10 bits per heavy atom. The molecule has 0 saturated carbocycles. The zero-order chi connectivity index (χ0) is 21.5. The van der Waals surface area contributed by atoms with Gasteiger partial charge >= 0.3 is 5.97 Å². The van der Waals surface area contributed by atoms with Crippen LogP contribution in [0.25, 0.3) is 0 Å². The van der Waals surface area contributed by atoms with E-state index in [1.54, 1.807) is 36.4 Å². The van der Waals surface area contributed by atoms with Gasteiger partial charge in [-0.1, -0.05) is 41.9 Å². The first-order valence-corrected chi connectivity index (χ1v) is 9.12. The van der Waals surface area contributed by atoms with Gasteiger partial charge < -0.3 is 9.84 Å². The highest BCUT2D eigenvalue weighted by Crippen LogP contribution is 2.29. The third-order valence-corrected chi connectivity index (χ3v) is 4.19. The normalized spacial score (nSPS) is 11.0. The van der Waals surface area contributed by atoms with Crippen LogP contribution in [0, 0.1) is 10.1 Å². The Balaban J connectivity index is 1.99. The lowest BCUT2D eigenvalue weighted by Crippen LogP contribution is -2.12. The molecule has 0 atom stereocenters. The standard InChI is InChI=1S/C21H16ClN3O5/c22-14-10-11-19(25(28)29)18(12-14)24-23-17(13-21(26)27)16-8-4-5-9-20(16)30-15-6-2-1-3-7-15/h1-12,24H,13H2,(H,26,27). The van der Waals surface area contributed by atoms with Crippen molar-refractivity contribution in [2.45, 2.75) is 6.42 Å². The summed E-state index contributed by atoms with van der Waals surface area (Å²) in [6, 6.07) is 19.8. The Morgan fingerprint density at radius 2 is 1.80 bits per heavy atom. The Hall–Kier alpha value is -3.91. The van der Waals surface area contributed by atoms with E-state index in [-0.39, 0.29) is 22.1 Å². The Labute approximate surface area is 176 Å². The predicted octanol–water partition coefficient (Wildman–Crippen LogP) is 5.33. The summed E-state index contributed by atoms with van der Waals surface area (Å²) in [5, 5.41) is 25.0. The van der Waals surface area contributed by atoms with E-state index >= 15 is 0 Å². The monoisotopic (exact) mass is 425 g/mol. The van der Waals surface area contributed by atoms with Crippen molar-refractivity contribution in [3.63, 3.8) is 0 Å². The Bertz CT molecular complexity index is 1100. The molecular formula is C21H16ClN3O5. The highest BCUT2D eigenvalue weighted by molar-refractivity contribution is 6.31. The summed E-state index contributed by atoms with van der Waals surface area (Å²) in [5.41, 5.74) is 2.93. The molecule has 0 saturated heterocycles. The van der Waals surface area contributed by atoms with E-state index < -0.39 is 17.3 Å². The van der Waals surface area contributed by atoms with Crippen molar-refractivity contribution in [2.24, 2.45) is 5.10 Å². The van der Waals surface area contributed by atoms with E-state index in [0.717, 1.165) is 0 Å². The average molecular weight is 426 g/mol. The lowest BCUT2D eigenvalue weighted by molar-refractivity contribution is -0.384. The molecule has 8 nitrogen and oxygen atoms in total. The van der Waals surface area contributed by atoms with Crippen molar-refractivity contribution < 1.29 is 19.6 Å². The molecule has 0 amide bonds. The van der Waals surface area contributed by atoms with Crippen LogP contribution < -0.4 is 10.2 Å². The molecule has 0 radical (unpaired) electrons. The minimum atomic E-state index is -1.12. The number of carboxylic acid groups (broad SMARTS) is 1. The summed E-state index contributed by atoms with van der Waals surface area (Å²) < 4.78 is 5.87. The number of nitrogens with one attached hydrogen (secondary N) is 1. The topological polar surface area (TPSA) is 114 Å². The summed E-state index contributed by atoms with van der Waals surface area (Å²) in [6.07, 6.45) is -0.434. The number of nitrogens with zero attached hydrogens (tertiary/aromatic N) is 2. The largest absolute Gasteiger partial charge is 0.481 e. The van der Waals surface area contributed by atoms with Gasteiger partial charge in [-0.2, -0.15) is 5.10 Å². The van der Waals surface area contributed by atoms with E-state index in [0.29, 0.717) is 17.1 Å². The Morgan fingerprint density at radius 3 is 2.50 bits per heavy atom. The first-order chi connectivity index (χ1) is 14.4. The van der Waals surface area contributed by atoms with E-state index in [2.05, 4.69) is 10.5 Å². The molecular weight excluding hydrogens is 410 g/mol. The highest BCUT2D eigenvalue weighted by atomic mass is 35.5. The molecule has 0 unspecified atom stereocenters. The van der Waals surface area contributed by atoms with Gasteiger partial charge in [0.1, 0.15) is 17.2 Å². The molecule has 0 aliphatic carbocycles. The van der Waals surface area contributed by atoms with Crippen LogP contribution in [0.1, 0.15) is 12.0 Å². The number of benzene rings is 3. The fourth-order valence-electron chi connectivity index (χ4n) is 2.63. The molecule has 0 aliphatic heterocycles. The van der Waals surface area contributed by atoms with Gasteiger partial charge in [0.25, 0.3) is 5.69 Å². The number of carboxylic acids is 1. The molecule has 0 fully saturated rings. The first kappa shape index (κ1) is 20.8. The fourth-order valence-corrected chi connectivity index (χ4v) is 2.80. The minimum absolute atomic E-state index is 0.0387. The van der Waals surface area contributed by atoms with Gasteiger partial charge in [-0.15, -0.1) is 0 Å². The second-order valence-corrected chi connectivity index (χ2v) is 6.51. The molecule has 3 rings (SSSR count). The van der Waals surface area contributed by atoms with Crippen LogP contribution in [-0.2, 0) is 4.79 Å². The summed E-state index contributed by atoms with van der Waals surface area (Å²) in [4.78, 5) is 22.1. The van der Waals surface area contributed by atoms with Crippen molar-refractivity contribution in [2.75, 3.05) is 5.43 Å². The van der Waals surface area contributed by atoms with Gasteiger partial charge in [-0.3, -0.25) is 20.3 Å². The van der Waals surface area contributed by atoms with Gasteiger partial charge in [-0.25, -0.2) is 0 Å². The lowest BCUT2D eigenvalue weighted by Gasteiger charge is -2.13. The first-order valence-electron chi connectivity index (χ1n) is 8.74. The van der Waals surface area contributed by atoms with E-state index in [9.17, 15) is 20.0 Å². The number of hydrazone groups is 1. The zero-order valence-corrected chi connectivity index (χ0v) is 16.2. The molecule has 3 aromatic rings. The third-order valence-electron chi connectivity index (χ3n) is 3.95. The molecule has 9 heteroatoms. The molecule has 30 heavy (non-hydrogen) atoms. The molecule has 152 valence electrons. The fraction of sp³-hybridized carbons (Fsp3) is 0.0476. The predicted molar refractivity (Wildman–Crippen MR) is 113 cm³/mol. The second-order valence-electron chi connectivity index (χ2n) is 6.07. The van der Waals surface area contributed by atoms with Crippen LogP contribution in [0.5, 0.6) is 11.5 Å². The van der Waals surface area contributed by atoms with Crippen LogP contribution in [-0.4, -0.2) is 21.7 Å². The summed E-state index contributed by atoms with van der Waals surface area (Å²) in [6.45, 7) is 0. The zero-order valence-electron chi connectivity index (χ0n) is 15.5. The smallest absolute Gasteiger partial charge is 0.309 e. The highest BCUT2D eigenvalue weighted by Gasteiger charge is 2.17.